The summed E-state index contributed by atoms with van der Waals surface area (Å²) in [6, 6.07) is 13.0. The van der Waals surface area contributed by atoms with Gasteiger partial charge in [-0.15, -0.1) is 0 Å². The van der Waals surface area contributed by atoms with Crippen LogP contribution in [0.2, 0.25) is 5.02 Å². The van der Waals surface area contributed by atoms with E-state index in [0.29, 0.717) is 22.6 Å². The molecule has 0 fully saturated rings. The lowest BCUT2D eigenvalue weighted by molar-refractivity contribution is 0.0988. The van der Waals surface area contributed by atoms with Crippen LogP contribution in [0.1, 0.15) is 29.3 Å². The first-order chi connectivity index (χ1) is 10.4. The second-order valence-electron chi connectivity index (χ2n) is 4.72. The third kappa shape index (κ3) is 3.94. The molecule has 0 amide bonds. The Morgan fingerprint density at radius 3 is 2.55 bits per heavy atom. The highest BCUT2D eigenvalue weighted by Gasteiger charge is 2.16. The lowest BCUT2D eigenvalue weighted by Gasteiger charge is -2.09. The molecule has 0 atom stereocenters. The molecule has 2 aromatic rings. The van der Waals surface area contributed by atoms with Crippen LogP contribution in [0.15, 0.2) is 53.4 Å². The molecule has 2 aromatic carbocycles. The summed E-state index contributed by atoms with van der Waals surface area (Å²) in [6.45, 7) is 1.83. The van der Waals surface area contributed by atoms with E-state index in [1.807, 2.05) is 0 Å². The Balaban J connectivity index is 2.20. The third-order valence-corrected chi connectivity index (χ3v) is 4.97. The molecule has 6 heteroatoms. The Bertz CT molecular complexity index is 787. The van der Waals surface area contributed by atoms with Crippen LogP contribution in [0, 0.1) is 0 Å². The number of hydrogen-bond donors (Lipinski definition) is 1. The Hall–Kier alpha value is -1.69. The lowest BCUT2D eigenvalue weighted by atomic mass is 10.1. The fourth-order valence-electron chi connectivity index (χ4n) is 1.94. The minimum atomic E-state index is -3.70. The van der Waals surface area contributed by atoms with E-state index in [9.17, 15) is 13.2 Å². The summed E-state index contributed by atoms with van der Waals surface area (Å²) < 4.78 is 27.1. The summed E-state index contributed by atoms with van der Waals surface area (Å²) in [5, 5.41) is 0.500. The van der Waals surface area contributed by atoms with E-state index in [0.717, 1.165) is 0 Å². The van der Waals surface area contributed by atoms with E-state index < -0.39 is 10.0 Å². The molecule has 0 aliphatic rings. The summed E-state index contributed by atoms with van der Waals surface area (Å²) >= 11 is 6.01. The van der Waals surface area contributed by atoms with Crippen molar-refractivity contribution >= 4 is 27.4 Å². The molecule has 0 aromatic heterocycles. The van der Waals surface area contributed by atoms with Crippen molar-refractivity contribution in [2.45, 2.75) is 24.8 Å². The van der Waals surface area contributed by atoms with Crippen molar-refractivity contribution in [2.24, 2.45) is 0 Å². The number of carbonyl (C=O) groups is 1. The molecule has 0 spiro atoms. The SMILES string of the molecule is CCC(=O)c1cccc(S(=O)(=O)NCc2ccccc2Cl)c1. The topological polar surface area (TPSA) is 63.2 Å². The van der Waals surface area contributed by atoms with E-state index in [4.69, 9.17) is 11.6 Å². The van der Waals surface area contributed by atoms with Crippen molar-refractivity contribution in [1.29, 1.82) is 0 Å². The molecule has 22 heavy (non-hydrogen) atoms. The number of hydrogen-bond acceptors (Lipinski definition) is 3. The maximum absolute atomic E-state index is 12.3. The van der Waals surface area contributed by atoms with Gasteiger partial charge in [0.15, 0.2) is 5.78 Å². The van der Waals surface area contributed by atoms with Crippen LogP contribution in [-0.4, -0.2) is 14.2 Å². The predicted octanol–water partition coefficient (Wildman–Crippen LogP) is 3.41. The molecule has 0 aliphatic carbocycles. The highest BCUT2D eigenvalue weighted by atomic mass is 35.5. The van der Waals surface area contributed by atoms with Gasteiger partial charge in [0.2, 0.25) is 10.0 Å². The molecule has 0 unspecified atom stereocenters. The Labute approximate surface area is 135 Å². The monoisotopic (exact) mass is 337 g/mol. The van der Waals surface area contributed by atoms with Crippen LogP contribution in [0.3, 0.4) is 0 Å². The van der Waals surface area contributed by atoms with Gasteiger partial charge >= 0.3 is 0 Å². The van der Waals surface area contributed by atoms with Gasteiger partial charge in [0.25, 0.3) is 0 Å². The number of carbonyl (C=O) groups excluding carboxylic acids is 1. The van der Waals surface area contributed by atoms with E-state index in [1.54, 1.807) is 43.3 Å². The maximum atomic E-state index is 12.3. The van der Waals surface area contributed by atoms with E-state index in [2.05, 4.69) is 4.72 Å². The molecular formula is C16H16ClNO3S. The normalized spacial score (nSPS) is 11.4. The van der Waals surface area contributed by atoms with Crippen molar-refractivity contribution in [3.05, 3.63) is 64.7 Å². The molecule has 1 N–H and O–H groups in total. The van der Waals surface area contributed by atoms with Crippen LogP contribution >= 0.6 is 11.6 Å². The molecular weight excluding hydrogens is 322 g/mol. The Morgan fingerprint density at radius 2 is 1.86 bits per heavy atom. The number of rotatable bonds is 6. The van der Waals surface area contributed by atoms with Crippen molar-refractivity contribution in [2.75, 3.05) is 0 Å². The maximum Gasteiger partial charge on any atom is 0.240 e. The number of halogens is 1. The summed E-state index contributed by atoms with van der Waals surface area (Å²) in [7, 11) is -3.70. The number of benzene rings is 2. The Morgan fingerprint density at radius 1 is 1.14 bits per heavy atom. The molecule has 0 aliphatic heterocycles. The van der Waals surface area contributed by atoms with E-state index >= 15 is 0 Å². The minimum absolute atomic E-state index is 0.0684. The molecule has 0 saturated carbocycles. The van der Waals surface area contributed by atoms with Crippen molar-refractivity contribution in [3.8, 4) is 0 Å². The zero-order chi connectivity index (χ0) is 16.2. The van der Waals surface area contributed by atoms with Gasteiger partial charge < -0.3 is 0 Å². The smallest absolute Gasteiger partial charge is 0.240 e. The van der Waals surface area contributed by atoms with Crippen molar-refractivity contribution < 1.29 is 13.2 Å². The van der Waals surface area contributed by atoms with Gasteiger partial charge in [-0.05, 0) is 23.8 Å². The molecule has 0 radical (unpaired) electrons. The average molecular weight is 338 g/mol. The highest BCUT2D eigenvalue weighted by molar-refractivity contribution is 7.89. The zero-order valence-electron chi connectivity index (χ0n) is 12.0. The number of sulfonamides is 1. The van der Waals surface area contributed by atoms with Crippen LogP contribution in [0.25, 0.3) is 0 Å². The highest BCUT2D eigenvalue weighted by Crippen LogP contribution is 2.17. The van der Waals surface area contributed by atoms with Gasteiger partial charge in [0.1, 0.15) is 0 Å². The summed E-state index contributed by atoms with van der Waals surface area (Å²) in [5.74, 6) is -0.0943. The predicted molar refractivity (Wildman–Crippen MR) is 86.5 cm³/mol. The number of ketones is 1. The van der Waals surface area contributed by atoms with Gasteiger partial charge in [-0.2, -0.15) is 0 Å². The van der Waals surface area contributed by atoms with E-state index in [-0.39, 0.29) is 17.2 Å². The van der Waals surface area contributed by atoms with Gasteiger partial charge in [-0.1, -0.05) is 48.9 Å². The van der Waals surface area contributed by atoms with Gasteiger partial charge in [0, 0.05) is 23.6 Å². The summed E-state index contributed by atoms with van der Waals surface area (Å²) in [5.41, 5.74) is 1.08. The van der Waals surface area contributed by atoms with E-state index in [1.165, 1.54) is 12.1 Å². The number of nitrogens with one attached hydrogen (secondary N) is 1. The van der Waals surface area contributed by atoms with Crippen LogP contribution in [0.5, 0.6) is 0 Å². The minimum Gasteiger partial charge on any atom is -0.294 e. The van der Waals surface area contributed by atoms with Crippen molar-refractivity contribution in [3.63, 3.8) is 0 Å². The zero-order valence-corrected chi connectivity index (χ0v) is 13.6. The van der Waals surface area contributed by atoms with Crippen molar-refractivity contribution in [1.82, 2.24) is 4.72 Å². The van der Waals surface area contributed by atoms with Gasteiger partial charge in [-0.3, -0.25) is 4.79 Å². The first kappa shape index (κ1) is 16.7. The lowest BCUT2D eigenvalue weighted by Crippen LogP contribution is -2.23. The van der Waals surface area contributed by atoms with Crippen LogP contribution < -0.4 is 4.72 Å². The third-order valence-electron chi connectivity index (χ3n) is 3.20. The molecule has 2 rings (SSSR count). The average Bonchev–Trinajstić information content (AvgIpc) is 2.53. The first-order valence-corrected chi connectivity index (χ1v) is 8.66. The first-order valence-electron chi connectivity index (χ1n) is 6.80. The summed E-state index contributed by atoms with van der Waals surface area (Å²) in [4.78, 5) is 11.8. The van der Waals surface area contributed by atoms with Gasteiger partial charge in [-0.25, -0.2) is 13.1 Å². The summed E-state index contributed by atoms with van der Waals surface area (Å²) in [6.07, 6.45) is 0.330. The standard InChI is InChI=1S/C16H16ClNO3S/c1-2-16(19)12-7-5-8-14(10-12)22(20,21)18-11-13-6-3-4-9-15(13)17/h3-10,18H,2,11H2,1H3. The molecule has 116 valence electrons. The number of Topliss-reactive ketones (excluding diaryl/α,β-unsaturated/α-hetero) is 1. The Kier molecular flexibility index (Phi) is 5.34. The van der Waals surface area contributed by atoms with Crippen LogP contribution in [0.4, 0.5) is 0 Å². The fraction of sp³-hybridized carbons (Fsp3) is 0.188. The second kappa shape index (κ2) is 7.05. The second-order valence-corrected chi connectivity index (χ2v) is 6.89. The largest absolute Gasteiger partial charge is 0.294 e. The van der Waals surface area contributed by atoms with Crippen LogP contribution in [-0.2, 0) is 16.6 Å². The molecule has 0 saturated heterocycles. The fourth-order valence-corrected chi connectivity index (χ4v) is 3.19. The van der Waals surface area contributed by atoms with Gasteiger partial charge in [0.05, 0.1) is 4.90 Å². The quantitative estimate of drug-likeness (QED) is 0.821. The molecule has 0 heterocycles. The molecule has 4 nitrogen and oxygen atoms in total. The molecule has 0 bridgehead atoms.